The van der Waals surface area contributed by atoms with Crippen molar-refractivity contribution >= 4 is 26.0 Å². The fourth-order valence-electron chi connectivity index (χ4n) is 2.41. The smallest absolute Gasteiger partial charge is 0.208 e. The van der Waals surface area contributed by atoms with Crippen molar-refractivity contribution in [3.63, 3.8) is 0 Å². The highest BCUT2D eigenvalue weighted by molar-refractivity contribution is 9.10. The molecule has 0 aliphatic heterocycles. The predicted octanol–water partition coefficient (Wildman–Crippen LogP) is 1.45. The summed E-state index contributed by atoms with van der Waals surface area (Å²) in [6.07, 6.45) is 4.37. The average molecular weight is 347 g/mol. The molecular formula is C13H19BrN2O2S. The third kappa shape index (κ3) is 4.87. The first kappa shape index (κ1) is 15.0. The van der Waals surface area contributed by atoms with E-state index in [0.29, 0.717) is 19.1 Å². The maximum absolute atomic E-state index is 10.9. The molecule has 106 valence electrons. The summed E-state index contributed by atoms with van der Waals surface area (Å²) in [5, 5.41) is 3.41. The van der Waals surface area contributed by atoms with Gasteiger partial charge in [0.1, 0.15) is 0 Å². The van der Waals surface area contributed by atoms with Gasteiger partial charge in [-0.1, -0.05) is 22.0 Å². The molecule has 1 aliphatic carbocycles. The zero-order chi connectivity index (χ0) is 13.9. The van der Waals surface area contributed by atoms with E-state index in [9.17, 15) is 8.42 Å². The fraction of sp³-hybridized carbons (Fsp3) is 0.538. The normalized spacial score (nSPS) is 19.2. The minimum absolute atomic E-state index is 0.440. The van der Waals surface area contributed by atoms with Crippen LogP contribution in [-0.2, 0) is 22.9 Å². The zero-order valence-corrected chi connectivity index (χ0v) is 13.4. The number of halogens is 1. The minimum Gasteiger partial charge on any atom is -0.312 e. The van der Waals surface area contributed by atoms with E-state index >= 15 is 0 Å². The van der Waals surface area contributed by atoms with Gasteiger partial charge in [0.2, 0.25) is 10.0 Å². The second-order valence-corrected chi connectivity index (χ2v) is 7.72. The second-order valence-electron chi connectivity index (χ2n) is 4.97. The first-order valence-electron chi connectivity index (χ1n) is 6.39. The van der Waals surface area contributed by atoms with E-state index in [0.717, 1.165) is 23.7 Å². The van der Waals surface area contributed by atoms with E-state index in [2.05, 4.69) is 44.2 Å². The molecule has 0 saturated carbocycles. The van der Waals surface area contributed by atoms with Crippen molar-refractivity contribution in [3.8, 4) is 0 Å². The van der Waals surface area contributed by atoms with Crippen molar-refractivity contribution in [3.05, 3.63) is 33.8 Å². The van der Waals surface area contributed by atoms with Gasteiger partial charge in [-0.15, -0.1) is 0 Å². The number of hydrogen-bond donors (Lipinski definition) is 2. The predicted molar refractivity (Wildman–Crippen MR) is 80.8 cm³/mol. The van der Waals surface area contributed by atoms with Crippen molar-refractivity contribution in [2.45, 2.75) is 25.3 Å². The molecule has 0 bridgehead atoms. The zero-order valence-electron chi connectivity index (χ0n) is 10.9. The summed E-state index contributed by atoms with van der Waals surface area (Å²) in [7, 11) is -3.08. The van der Waals surface area contributed by atoms with Crippen LogP contribution >= 0.6 is 15.9 Å². The monoisotopic (exact) mass is 346 g/mol. The van der Waals surface area contributed by atoms with Gasteiger partial charge < -0.3 is 5.32 Å². The van der Waals surface area contributed by atoms with Crippen molar-refractivity contribution in [2.24, 2.45) is 0 Å². The lowest BCUT2D eigenvalue weighted by molar-refractivity contribution is 0.460. The Labute approximate surface area is 123 Å². The Hall–Kier alpha value is -0.430. The Bertz CT molecular complexity index is 546. The topological polar surface area (TPSA) is 58.2 Å². The molecule has 0 saturated heterocycles. The van der Waals surface area contributed by atoms with E-state index in [-0.39, 0.29) is 0 Å². The summed E-state index contributed by atoms with van der Waals surface area (Å²) in [6.45, 7) is 1.12. The van der Waals surface area contributed by atoms with Crippen molar-refractivity contribution < 1.29 is 8.42 Å². The van der Waals surface area contributed by atoms with E-state index in [1.165, 1.54) is 17.4 Å². The van der Waals surface area contributed by atoms with Gasteiger partial charge in [0.05, 0.1) is 6.26 Å². The van der Waals surface area contributed by atoms with Gasteiger partial charge in [0, 0.05) is 23.6 Å². The summed E-state index contributed by atoms with van der Waals surface area (Å²) in [6, 6.07) is 6.88. The first-order valence-corrected chi connectivity index (χ1v) is 9.08. The maximum atomic E-state index is 10.9. The third-order valence-electron chi connectivity index (χ3n) is 3.32. The fourth-order valence-corrected chi connectivity index (χ4v) is 3.29. The van der Waals surface area contributed by atoms with Crippen LogP contribution in [0.1, 0.15) is 17.5 Å². The second kappa shape index (κ2) is 6.35. The largest absolute Gasteiger partial charge is 0.312 e. The van der Waals surface area contributed by atoms with Gasteiger partial charge in [-0.3, -0.25) is 0 Å². The Morgan fingerprint density at radius 2 is 2.11 bits per heavy atom. The highest BCUT2D eigenvalue weighted by atomic mass is 79.9. The van der Waals surface area contributed by atoms with E-state index in [4.69, 9.17) is 0 Å². The minimum atomic E-state index is -3.08. The number of fused-ring (bicyclic) bond motifs is 1. The van der Waals surface area contributed by atoms with Crippen LogP contribution in [0.25, 0.3) is 0 Å². The Balaban J connectivity index is 1.80. The Morgan fingerprint density at radius 1 is 1.32 bits per heavy atom. The molecule has 1 aromatic carbocycles. The Kier molecular flexibility index (Phi) is 5.00. The molecule has 1 aromatic rings. The molecule has 1 atom stereocenters. The molecule has 4 nitrogen and oxygen atoms in total. The molecular weight excluding hydrogens is 328 g/mol. The molecule has 0 fully saturated rings. The summed E-state index contributed by atoms with van der Waals surface area (Å²) in [5.41, 5.74) is 2.81. The van der Waals surface area contributed by atoms with Crippen LogP contribution in [-0.4, -0.2) is 33.8 Å². The number of hydrogen-bond acceptors (Lipinski definition) is 3. The van der Waals surface area contributed by atoms with Crippen LogP contribution < -0.4 is 10.0 Å². The summed E-state index contributed by atoms with van der Waals surface area (Å²) >= 11 is 3.49. The van der Waals surface area contributed by atoms with E-state index in [1.54, 1.807) is 0 Å². The standard InChI is InChI=1S/C13H19BrN2O2S/c1-19(17,18)16-7-6-15-13-5-3-10-8-12(14)4-2-11(10)9-13/h2,4,8,13,15-16H,3,5-7,9H2,1H3. The lowest BCUT2D eigenvalue weighted by atomic mass is 9.88. The van der Waals surface area contributed by atoms with E-state index < -0.39 is 10.0 Å². The lowest BCUT2D eigenvalue weighted by Crippen LogP contribution is -2.39. The lowest BCUT2D eigenvalue weighted by Gasteiger charge is -2.25. The highest BCUT2D eigenvalue weighted by Crippen LogP contribution is 2.24. The summed E-state index contributed by atoms with van der Waals surface area (Å²) in [4.78, 5) is 0. The van der Waals surface area contributed by atoms with Gasteiger partial charge in [-0.25, -0.2) is 13.1 Å². The van der Waals surface area contributed by atoms with Gasteiger partial charge in [-0.2, -0.15) is 0 Å². The van der Waals surface area contributed by atoms with Crippen LogP contribution in [0.2, 0.25) is 0 Å². The highest BCUT2D eigenvalue weighted by Gasteiger charge is 2.18. The SMILES string of the molecule is CS(=O)(=O)NCCNC1CCc2cc(Br)ccc2C1. The molecule has 0 heterocycles. The van der Waals surface area contributed by atoms with Crippen LogP contribution in [0.15, 0.2) is 22.7 Å². The maximum Gasteiger partial charge on any atom is 0.208 e. The number of aryl methyl sites for hydroxylation is 1. The summed E-state index contributed by atoms with van der Waals surface area (Å²) in [5.74, 6) is 0. The number of nitrogens with one attached hydrogen (secondary N) is 2. The third-order valence-corrected chi connectivity index (χ3v) is 4.54. The van der Waals surface area contributed by atoms with Crippen LogP contribution in [0.4, 0.5) is 0 Å². The van der Waals surface area contributed by atoms with Gasteiger partial charge in [0.15, 0.2) is 0 Å². The number of sulfonamides is 1. The van der Waals surface area contributed by atoms with Crippen molar-refractivity contribution in [1.29, 1.82) is 0 Å². The molecule has 0 aromatic heterocycles. The molecule has 2 rings (SSSR count). The molecule has 19 heavy (non-hydrogen) atoms. The van der Waals surface area contributed by atoms with Crippen LogP contribution in [0.3, 0.4) is 0 Å². The van der Waals surface area contributed by atoms with Crippen molar-refractivity contribution in [2.75, 3.05) is 19.3 Å². The van der Waals surface area contributed by atoms with E-state index in [1.807, 2.05) is 0 Å². The molecule has 1 aliphatic rings. The van der Waals surface area contributed by atoms with Gasteiger partial charge >= 0.3 is 0 Å². The Morgan fingerprint density at radius 3 is 2.84 bits per heavy atom. The van der Waals surface area contributed by atoms with Gasteiger partial charge in [-0.05, 0) is 42.5 Å². The first-order chi connectivity index (χ1) is 8.94. The van der Waals surface area contributed by atoms with Crippen LogP contribution in [0, 0.1) is 0 Å². The molecule has 1 unspecified atom stereocenters. The quantitative estimate of drug-likeness (QED) is 0.793. The van der Waals surface area contributed by atoms with Crippen LogP contribution in [0.5, 0.6) is 0 Å². The molecule has 0 amide bonds. The van der Waals surface area contributed by atoms with Crippen molar-refractivity contribution in [1.82, 2.24) is 10.0 Å². The average Bonchev–Trinajstić information content (AvgIpc) is 2.33. The van der Waals surface area contributed by atoms with Gasteiger partial charge in [0.25, 0.3) is 0 Å². The summed E-state index contributed by atoms with van der Waals surface area (Å²) < 4.78 is 25.5. The molecule has 0 radical (unpaired) electrons. The molecule has 0 spiro atoms. The number of benzene rings is 1. The number of rotatable bonds is 5. The molecule has 6 heteroatoms. The molecule has 2 N–H and O–H groups in total.